The van der Waals surface area contributed by atoms with Crippen LogP contribution in [0.3, 0.4) is 0 Å². The third kappa shape index (κ3) is 4.50. The summed E-state index contributed by atoms with van der Waals surface area (Å²) in [6.45, 7) is 2.12. The van der Waals surface area contributed by atoms with Crippen LogP contribution in [0.2, 0.25) is 30.1 Å². The van der Waals surface area contributed by atoms with Gasteiger partial charge in [0.25, 0.3) is 0 Å². The molecule has 0 spiro atoms. The van der Waals surface area contributed by atoms with Crippen molar-refractivity contribution in [2.24, 2.45) is 0 Å². The van der Waals surface area contributed by atoms with E-state index < -0.39 is 0 Å². The van der Waals surface area contributed by atoms with Gasteiger partial charge in [-0.15, -0.1) is 0 Å². The van der Waals surface area contributed by atoms with E-state index in [-0.39, 0.29) is 0 Å². The van der Waals surface area contributed by atoms with E-state index in [1.165, 1.54) is 0 Å². The van der Waals surface area contributed by atoms with Gasteiger partial charge in [-0.05, 0) is 30.7 Å². The molecule has 0 bridgehead atoms. The predicted octanol–water partition coefficient (Wildman–Crippen LogP) is 7.41. The molecule has 0 saturated carbocycles. The van der Waals surface area contributed by atoms with Gasteiger partial charge in [-0.1, -0.05) is 92.3 Å². The number of aromatic nitrogens is 3. The maximum atomic E-state index is 6.41. The van der Waals surface area contributed by atoms with Crippen molar-refractivity contribution in [1.29, 1.82) is 0 Å². The number of hydrogen-bond acceptors (Lipinski definition) is 1. The van der Waals surface area contributed by atoms with Gasteiger partial charge in [0.15, 0.2) is 23.3 Å². The van der Waals surface area contributed by atoms with Crippen molar-refractivity contribution in [2.45, 2.75) is 26.2 Å². The monoisotopic (exact) mass is 482 g/mol. The Morgan fingerprint density at radius 3 is 1.89 bits per heavy atom. The first kappa shape index (κ1) is 21.0. The minimum absolute atomic E-state index is 0.387. The fourth-order valence-electron chi connectivity index (χ4n) is 2.69. The second-order valence-electron chi connectivity index (χ2n) is 5.91. The van der Waals surface area contributed by atoms with Crippen LogP contribution in [0.4, 0.5) is 0 Å². The average molecular weight is 485 g/mol. The number of benzene rings is 2. The van der Waals surface area contributed by atoms with Crippen LogP contribution in [-0.2, 0) is 6.42 Å². The van der Waals surface area contributed by atoms with Crippen LogP contribution >= 0.6 is 69.6 Å². The highest BCUT2D eigenvalue weighted by Gasteiger charge is 2.26. The van der Waals surface area contributed by atoms with Crippen molar-refractivity contribution in [3.8, 4) is 11.4 Å². The van der Waals surface area contributed by atoms with E-state index in [4.69, 9.17) is 69.6 Å². The van der Waals surface area contributed by atoms with Crippen molar-refractivity contribution in [2.75, 3.05) is 0 Å². The van der Waals surface area contributed by atoms with Gasteiger partial charge in [-0.3, -0.25) is 0 Å². The molecule has 0 radical (unpaired) electrons. The van der Waals surface area contributed by atoms with Crippen molar-refractivity contribution in [3.05, 3.63) is 66.3 Å². The Balaban J connectivity index is 2.22. The van der Waals surface area contributed by atoms with Gasteiger partial charge in [-0.2, -0.15) is 0 Å². The zero-order chi connectivity index (χ0) is 19.7. The fraction of sp³-hybridized carbons (Fsp3) is 0.222. The Labute approximate surface area is 187 Å². The lowest BCUT2D eigenvalue weighted by Gasteiger charge is -2.04. The molecule has 0 atom stereocenters. The predicted molar refractivity (Wildman–Crippen MR) is 114 cm³/mol. The largest absolute Gasteiger partial charge is 0.193 e. The van der Waals surface area contributed by atoms with E-state index in [0.29, 0.717) is 41.5 Å². The van der Waals surface area contributed by atoms with Crippen LogP contribution in [0.25, 0.3) is 11.4 Å². The highest BCUT2D eigenvalue weighted by atomic mass is 35.5. The van der Waals surface area contributed by atoms with Crippen molar-refractivity contribution < 1.29 is 4.68 Å². The summed E-state index contributed by atoms with van der Waals surface area (Å²) in [6.07, 6.45) is 4.62. The SMILES string of the molecule is CCCCc1c[n+](-c2c(Cl)cc(Cl)cc2Cl)nn1-c1c(Cl)cc(Cl)cc1Cl. The zero-order valence-corrected chi connectivity index (χ0v) is 18.7. The topological polar surface area (TPSA) is 21.7 Å². The molecule has 0 fully saturated rings. The summed E-state index contributed by atoms with van der Waals surface area (Å²) >= 11 is 37.6. The van der Waals surface area contributed by atoms with Gasteiger partial charge in [0, 0.05) is 16.5 Å². The Kier molecular flexibility index (Phi) is 6.83. The molecule has 1 heterocycles. The third-order valence-corrected chi connectivity index (χ3v) is 5.51. The Hall–Kier alpha value is -0.680. The molecule has 142 valence electrons. The number of nitrogens with zero attached hydrogens (tertiary/aromatic N) is 3. The Morgan fingerprint density at radius 1 is 0.852 bits per heavy atom. The van der Waals surface area contributed by atoms with Crippen LogP contribution in [0.5, 0.6) is 0 Å². The molecule has 0 aliphatic carbocycles. The molecular formula is C18H14Cl6N3+. The smallest absolute Gasteiger partial charge is 0.0984 e. The van der Waals surface area contributed by atoms with E-state index in [1.54, 1.807) is 33.6 Å². The van der Waals surface area contributed by atoms with Crippen LogP contribution < -0.4 is 4.68 Å². The first-order valence-electron chi connectivity index (χ1n) is 8.12. The van der Waals surface area contributed by atoms with Gasteiger partial charge in [0.05, 0.1) is 20.1 Å². The van der Waals surface area contributed by atoms with Gasteiger partial charge < -0.3 is 0 Å². The summed E-state index contributed by atoms with van der Waals surface area (Å²) in [5, 5.41) is 7.08. The summed E-state index contributed by atoms with van der Waals surface area (Å²) in [5.74, 6) is 0. The number of hydrogen-bond donors (Lipinski definition) is 0. The molecule has 0 saturated heterocycles. The highest BCUT2D eigenvalue weighted by Crippen LogP contribution is 2.33. The van der Waals surface area contributed by atoms with E-state index in [9.17, 15) is 0 Å². The minimum atomic E-state index is 0.387. The quantitative estimate of drug-likeness (QED) is 0.345. The molecule has 0 N–H and O–H groups in total. The van der Waals surface area contributed by atoms with E-state index in [1.807, 2.05) is 6.20 Å². The number of aryl methyl sites for hydroxylation is 1. The molecule has 2 aromatic carbocycles. The van der Waals surface area contributed by atoms with Crippen LogP contribution in [0.1, 0.15) is 25.5 Å². The first-order chi connectivity index (χ1) is 12.8. The highest BCUT2D eigenvalue weighted by molar-refractivity contribution is 6.41. The Morgan fingerprint density at radius 2 is 1.37 bits per heavy atom. The van der Waals surface area contributed by atoms with Crippen LogP contribution in [0.15, 0.2) is 30.5 Å². The lowest BCUT2D eigenvalue weighted by atomic mass is 10.2. The summed E-state index contributed by atoms with van der Waals surface area (Å²) in [5.41, 5.74) is 1.99. The number of rotatable bonds is 5. The average Bonchev–Trinajstić information content (AvgIpc) is 2.94. The summed E-state index contributed by atoms with van der Waals surface area (Å²) in [4.78, 5) is 0. The second kappa shape index (κ2) is 8.77. The van der Waals surface area contributed by atoms with Gasteiger partial charge in [0.1, 0.15) is 5.21 Å². The molecular weight excluding hydrogens is 471 g/mol. The van der Waals surface area contributed by atoms with E-state index >= 15 is 0 Å². The molecule has 0 amide bonds. The fourth-order valence-corrected chi connectivity index (χ4v) is 4.66. The molecule has 3 nitrogen and oxygen atoms in total. The first-order valence-corrected chi connectivity index (χ1v) is 10.4. The maximum absolute atomic E-state index is 6.41. The van der Waals surface area contributed by atoms with Crippen molar-refractivity contribution >= 4 is 69.6 Å². The molecule has 0 aliphatic rings. The number of halogens is 6. The van der Waals surface area contributed by atoms with Crippen molar-refractivity contribution in [1.82, 2.24) is 9.90 Å². The van der Waals surface area contributed by atoms with Crippen LogP contribution in [-0.4, -0.2) is 9.90 Å². The van der Waals surface area contributed by atoms with E-state index in [0.717, 1.165) is 25.0 Å². The minimum Gasteiger partial charge on any atom is -0.0984 e. The standard InChI is InChI=1S/C18H14Cl6N3/c1-2-3-4-12-9-26(17-13(21)5-10(19)6-14(17)22)25-27(12)18-15(23)7-11(20)8-16(18)24/h5-9H,2-4H2,1H3/q+1. The molecule has 0 aliphatic heterocycles. The van der Waals surface area contributed by atoms with Gasteiger partial charge in [-0.25, -0.2) is 0 Å². The van der Waals surface area contributed by atoms with Crippen molar-refractivity contribution in [3.63, 3.8) is 0 Å². The molecule has 3 rings (SSSR count). The Bertz CT molecular complexity index is 953. The van der Waals surface area contributed by atoms with Crippen LogP contribution in [0, 0.1) is 0 Å². The molecule has 9 heteroatoms. The van der Waals surface area contributed by atoms with Gasteiger partial charge >= 0.3 is 0 Å². The second-order valence-corrected chi connectivity index (χ2v) is 8.41. The summed E-state index contributed by atoms with van der Waals surface area (Å²) in [6, 6.07) is 6.49. The summed E-state index contributed by atoms with van der Waals surface area (Å²) in [7, 11) is 0. The number of unbranched alkanes of at least 4 members (excludes halogenated alkanes) is 1. The lowest BCUT2D eigenvalue weighted by Crippen LogP contribution is -2.34. The maximum Gasteiger partial charge on any atom is 0.193 e. The molecule has 1 aromatic heterocycles. The third-order valence-electron chi connectivity index (χ3n) is 3.92. The lowest BCUT2D eigenvalue weighted by molar-refractivity contribution is -0.660. The van der Waals surface area contributed by atoms with E-state index in [2.05, 4.69) is 12.1 Å². The molecule has 27 heavy (non-hydrogen) atoms. The normalized spacial score (nSPS) is 11.2. The summed E-state index contributed by atoms with van der Waals surface area (Å²) < 4.78 is 3.30. The molecule has 3 aromatic rings. The zero-order valence-electron chi connectivity index (χ0n) is 14.1. The molecule has 0 unspecified atom stereocenters. The van der Waals surface area contributed by atoms with Gasteiger partial charge in [0.2, 0.25) is 0 Å².